The summed E-state index contributed by atoms with van der Waals surface area (Å²) in [6, 6.07) is 1.95. The van der Waals surface area contributed by atoms with E-state index in [1.54, 1.807) is 4.90 Å². The zero-order valence-corrected chi connectivity index (χ0v) is 22.3. The number of likely N-dealkylation sites (tertiary alicyclic amines) is 1. The molecule has 200 valence electrons. The lowest BCUT2D eigenvalue weighted by Gasteiger charge is -2.38. The maximum atomic E-state index is 13.2. The van der Waals surface area contributed by atoms with Crippen LogP contribution in [0.15, 0.2) is 6.07 Å². The van der Waals surface area contributed by atoms with Crippen LogP contribution < -0.4 is 0 Å². The van der Waals surface area contributed by atoms with Crippen LogP contribution in [0.1, 0.15) is 101 Å². The molecule has 1 amide bonds. The molecule has 0 radical (unpaired) electrons. The number of hydrogen-bond acceptors (Lipinski definition) is 4. The van der Waals surface area contributed by atoms with Crippen LogP contribution in [0.4, 0.5) is 18.0 Å². The summed E-state index contributed by atoms with van der Waals surface area (Å²) in [5.41, 5.74) is 4.12. The van der Waals surface area contributed by atoms with Crippen LogP contribution >= 0.6 is 0 Å². The van der Waals surface area contributed by atoms with E-state index in [1.807, 2.05) is 38.3 Å². The number of ether oxygens (including phenoxy) is 1. The number of piperidine rings is 1. The number of halogens is 3. The SMILES string of the molecule is CCc1c(C)nc2cc(C3CCC(C(F)(F)F)CC3)nn2c1[C@H]1CN(C(=O)OC(C)(C)C)CC[C@H]1C. The zero-order chi connectivity index (χ0) is 26.4. The first-order chi connectivity index (χ1) is 16.8. The number of alkyl halides is 3. The van der Waals surface area contributed by atoms with Gasteiger partial charge in [-0.2, -0.15) is 18.3 Å². The standard InChI is InChI=1S/C27H39F3N4O2/c1-7-20-17(3)31-23-14-22(18-8-10-19(11-9-18)27(28,29)30)32-34(23)24(20)21-15-33(13-12-16(21)2)25(35)36-26(4,5)6/h14,16,18-19,21H,7-13,15H2,1-6H3/t16-,18?,19?,21+/m1/s1. The second-order valence-electron chi connectivity index (χ2n) is 11.6. The van der Waals surface area contributed by atoms with E-state index in [-0.39, 0.29) is 30.8 Å². The van der Waals surface area contributed by atoms with Gasteiger partial charge < -0.3 is 9.64 Å². The van der Waals surface area contributed by atoms with Crippen LogP contribution in [-0.2, 0) is 11.2 Å². The topological polar surface area (TPSA) is 59.7 Å². The smallest absolute Gasteiger partial charge is 0.410 e. The van der Waals surface area contributed by atoms with Gasteiger partial charge >= 0.3 is 12.3 Å². The number of carbonyl (C=O) groups excluding carboxylic acids is 1. The Morgan fingerprint density at radius 3 is 2.39 bits per heavy atom. The zero-order valence-electron chi connectivity index (χ0n) is 22.3. The molecule has 2 fully saturated rings. The number of aryl methyl sites for hydroxylation is 1. The first kappa shape index (κ1) is 26.7. The molecule has 0 aromatic carbocycles. The van der Waals surface area contributed by atoms with E-state index in [0.717, 1.165) is 41.1 Å². The summed E-state index contributed by atoms with van der Waals surface area (Å²) in [4.78, 5) is 19.5. The molecule has 1 saturated carbocycles. The summed E-state index contributed by atoms with van der Waals surface area (Å²) in [6.07, 6.45) is -1.54. The summed E-state index contributed by atoms with van der Waals surface area (Å²) in [5, 5.41) is 4.95. The van der Waals surface area contributed by atoms with Crippen LogP contribution in [0.3, 0.4) is 0 Å². The lowest BCUT2D eigenvalue weighted by Crippen LogP contribution is -2.45. The second-order valence-corrected chi connectivity index (χ2v) is 11.6. The first-order valence-corrected chi connectivity index (χ1v) is 13.2. The summed E-state index contributed by atoms with van der Waals surface area (Å²) in [5.74, 6) is -0.825. The minimum atomic E-state index is -4.12. The largest absolute Gasteiger partial charge is 0.444 e. The predicted molar refractivity (Wildman–Crippen MR) is 132 cm³/mol. The molecule has 4 rings (SSSR count). The number of fused-ring (bicyclic) bond motifs is 1. The fraction of sp³-hybridized carbons (Fsp3) is 0.741. The van der Waals surface area contributed by atoms with Crippen molar-refractivity contribution in [1.29, 1.82) is 0 Å². The molecule has 0 N–H and O–H groups in total. The highest BCUT2D eigenvalue weighted by Crippen LogP contribution is 2.43. The summed E-state index contributed by atoms with van der Waals surface area (Å²) in [6.45, 7) is 13.1. The molecule has 0 spiro atoms. The van der Waals surface area contributed by atoms with Crippen molar-refractivity contribution >= 4 is 11.7 Å². The number of carbonyl (C=O) groups is 1. The van der Waals surface area contributed by atoms with Gasteiger partial charge in [-0.3, -0.25) is 0 Å². The number of aromatic nitrogens is 3. The molecule has 2 aliphatic rings. The van der Waals surface area contributed by atoms with Crippen molar-refractivity contribution in [3.05, 3.63) is 28.7 Å². The average molecular weight is 509 g/mol. The molecule has 2 aromatic heterocycles. The molecule has 1 aliphatic carbocycles. The van der Waals surface area contributed by atoms with Crippen LogP contribution in [0, 0.1) is 18.8 Å². The van der Waals surface area contributed by atoms with Crippen molar-refractivity contribution in [1.82, 2.24) is 19.5 Å². The Labute approximate surface area is 211 Å². The summed E-state index contributed by atoms with van der Waals surface area (Å²) >= 11 is 0. The van der Waals surface area contributed by atoms with E-state index < -0.39 is 17.7 Å². The third kappa shape index (κ3) is 5.49. The molecule has 0 bridgehead atoms. The molecular weight excluding hydrogens is 469 g/mol. The molecule has 3 heterocycles. The number of nitrogens with zero attached hydrogens (tertiary/aromatic N) is 4. The van der Waals surface area contributed by atoms with Crippen molar-refractivity contribution in [2.24, 2.45) is 11.8 Å². The highest BCUT2D eigenvalue weighted by molar-refractivity contribution is 5.68. The van der Waals surface area contributed by atoms with Crippen molar-refractivity contribution in [2.45, 2.75) is 104 Å². The van der Waals surface area contributed by atoms with E-state index in [0.29, 0.717) is 31.8 Å². The molecule has 6 nitrogen and oxygen atoms in total. The number of hydrogen-bond donors (Lipinski definition) is 0. The molecule has 1 saturated heterocycles. The van der Waals surface area contributed by atoms with Crippen LogP contribution in [0.25, 0.3) is 5.65 Å². The van der Waals surface area contributed by atoms with Gasteiger partial charge in [-0.05, 0) is 77.7 Å². The van der Waals surface area contributed by atoms with E-state index in [2.05, 4.69) is 13.8 Å². The van der Waals surface area contributed by atoms with E-state index >= 15 is 0 Å². The van der Waals surface area contributed by atoms with Crippen LogP contribution in [0.5, 0.6) is 0 Å². The molecule has 0 unspecified atom stereocenters. The monoisotopic (exact) mass is 508 g/mol. The molecule has 9 heteroatoms. The molecule has 2 atom stereocenters. The maximum Gasteiger partial charge on any atom is 0.410 e. The normalized spacial score (nSPS) is 25.9. The third-order valence-corrected chi connectivity index (χ3v) is 7.89. The lowest BCUT2D eigenvalue weighted by molar-refractivity contribution is -0.182. The van der Waals surface area contributed by atoms with E-state index in [1.165, 1.54) is 0 Å². The number of rotatable bonds is 3. The van der Waals surface area contributed by atoms with Gasteiger partial charge in [0.05, 0.1) is 17.3 Å². The first-order valence-electron chi connectivity index (χ1n) is 13.2. The highest BCUT2D eigenvalue weighted by Gasteiger charge is 2.42. The van der Waals surface area contributed by atoms with Gasteiger partial charge in [0.1, 0.15) is 5.60 Å². The summed E-state index contributed by atoms with van der Waals surface area (Å²) < 4.78 is 47.1. The molecule has 36 heavy (non-hydrogen) atoms. The number of amides is 1. The molecule has 2 aromatic rings. The Morgan fingerprint density at radius 1 is 1.14 bits per heavy atom. The second kappa shape index (κ2) is 9.86. The van der Waals surface area contributed by atoms with Crippen molar-refractivity contribution in [2.75, 3.05) is 13.1 Å². The van der Waals surface area contributed by atoms with Gasteiger partial charge in [-0.1, -0.05) is 13.8 Å². The van der Waals surface area contributed by atoms with Crippen molar-refractivity contribution < 1.29 is 22.7 Å². The van der Waals surface area contributed by atoms with Gasteiger partial charge in [-0.25, -0.2) is 14.3 Å². The molecule has 1 aliphatic heterocycles. The fourth-order valence-corrected chi connectivity index (χ4v) is 5.85. The van der Waals surface area contributed by atoms with Gasteiger partial charge in [0.2, 0.25) is 0 Å². The van der Waals surface area contributed by atoms with Crippen molar-refractivity contribution in [3.63, 3.8) is 0 Å². The van der Waals surface area contributed by atoms with Gasteiger partial charge in [0, 0.05) is 36.7 Å². The van der Waals surface area contributed by atoms with Gasteiger partial charge in [0.25, 0.3) is 0 Å². The van der Waals surface area contributed by atoms with Crippen molar-refractivity contribution in [3.8, 4) is 0 Å². The molecular formula is C27H39F3N4O2. The minimum absolute atomic E-state index is 0.00516. The lowest BCUT2D eigenvalue weighted by atomic mass is 9.80. The minimum Gasteiger partial charge on any atom is -0.444 e. The van der Waals surface area contributed by atoms with E-state index in [4.69, 9.17) is 14.8 Å². The Morgan fingerprint density at radius 2 is 1.81 bits per heavy atom. The maximum absolute atomic E-state index is 13.2. The fourth-order valence-electron chi connectivity index (χ4n) is 5.85. The van der Waals surface area contributed by atoms with Gasteiger partial charge in [0.15, 0.2) is 5.65 Å². The highest BCUT2D eigenvalue weighted by atomic mass is 19.4. The Hall–Kier alpha value is -2.32. The van der Waals surface area contributed by atoms with E-state index in [9.17, 15) is 18.0 Å². The van der Waals surface area contributed by atoms with Crippen LogP contribution in [-0.4, -0.2) is 50.5 Å². The average Bonchev–Trinajstić information content (AvgIpc) is 3.20. The van der Waals surface area contributed by atoms with Crippen LogP contribution in [0.2, 0.25) is 0 Å². The quantitative estimate of drug-likeness (QED) is 0.458. The van der Waals surface area contributed by atoms with Gasteiger partial charge in [-0.15, -0.1) is 0 Å². The Bertz CT molecular complexity index is 1100. The summed E-state index contributed by atoms with van der Waals surface area (Å²) in [7, 11) is 0. The third-order valence-electron chi connectivity index (χ3n) is 7.89. The Kier molecular flexibility index (Phi) is 7.32. The Balaban J connectivity index is 1.67. The predicted octanol–water partition coefficient (Wildman–Crippen LogP) is 6.80.